The highest BCUT2D eigenvalue weighted by Crippen LogP contribution is 2.24. The molecule has 0 radical (unpaired) electrons. The molecule has 1 aliphatic rings. The summed E-state index contributed by atoms with van der Waals surface area (Å²) in [5.41, 5.74) is 7.64. The van der Waals surface area contributed by atoms with Gasteiger partial charge in [0.15, 0.2) is 0 Å². The average molecular weight is 260 g/mol. The number of carbonyl (C=O) groups excluding carboxylic acids is 1. The first kappa shape index (κ1) is 14.1. The third-order valence-electron chi connectivity index (χ3n) is 3.88. The third-order valence-corrected chi connectivity index (χ3v) is 3.88. The summed E-state index contributed by atoms with van der Waals surface area (Å²) in [4.78, 5) is 12.2. The average Bonchev–Trinajstić information content (AvgIpc) is 2.70. The normalized spacial score (nSPS) is 16.9. The minimum absolute atomic E-state index is 0.188. The van der Waals surface area contributed by atoms with E-state index < -0.39 is 0 Å². The molecule has 0 unspecified atom stereocenters. The monoisotopic (exact) mass is 260 g/mol. The van der Waals surface area contributed by atoms with Gasteiger partial charge >= 0.3 is 0 Å². The molecular formula is C16H24N2O. The zero-order chi connectivity index (χ0) is 13.5. The molecule has 1 aromatic rings. The van der Waals surface area contributed by atoms with Gasteiger partial charge in [-0.05, 0) is 43.5 Å². The quantitative estimate of drug-likeness (QED) is 0.817. The van der Waals surface area contributed by atoms with E-state index in [1.165, 1.54) is 31.2 Å². The fourth-order valence-electron chi connectivity index (χ4n) is 2.71. The fourth-order valence-corrected chi connectivity index (χ4v) is 2.71. The molecule has 3 nitrogen and oxygen atoms in total. The van der Waals surface area contributed by atoms with Gasteiger partial charge in [0.25, 0.3) is 0 Å². The van der Waals surface area contributed by atoms with Crippen LogP contribution in [0.1, 0.15) is 44.1 Å². The maximum Gasteiger partial charge on any atom is 0.227 e. The Morgan fingerprint density at radius 3 is 2.32 bits per heavy atom. The van der Waals surface area contributed by atoms with Crippen molar-refractivity contribution in [1.29, 1.82) is 0 Å². The van der Waals surface area contributed by atoms with Gasteiger partial charge in [0.1, 0.15) is 0 Å². The van der Waals surface area contributed by atoms with Crippen molar-refractivity contribution in [3.8, 4) is 0 Å². The van der Waals surface area contributed by atoms with Gasteiger partial charge in [-0.15, -0.1) is 0 Å². The van der Waals surface area contributed by atoms with Gasteiger partial charge < -0.3 is 11.1 Å². The summed E-state index contributed by atoms with van der Waals surface area (Å²) in [5.74, 6) is 0.389. The molecule has 1 amide bonds. The Bertz CT molecular complexity index is 392. The lowest BCUT2D eigenvalue weighted by molar-refractivity contribution is -0.120. The third kappa shape index (κ3) is 4.35. The van der Waals surface area contributed by atoms with Crippen LogP contribution in [0.2, 0.25) is 0 Å². The molecular weight excluding hydrogens is 236 g/mol. The number of nitrogens with one attached hydrogen (secondary N) is 1. The van der Waals surface area contributed by atoms with E-state index in [-0.39, 0.29) is 11.8 Å². The number of carbonyl (C=O) groups is 1. The van der Waals surface area contributed by atoms with Crippen molar-refractivity contribution in [3.63, 3.8) is 0 Å². The lowest BCUT2D eigenvalue weighted by atomic mass is 9.99. The maximum atomic E-state index is 12.2. The summed E-state index contributed by atoms with van der Waals surface area (Å²) in [6.07, 6.45) is 7.89. The summed E-state index contributed by atoms with van der Waals surface area (Å²) in [5, 5.41) is 3.04. The zero-order valence-electron chi connectivity index (χ0n) is 11.5. The van der Waals surface area contributed by atoms with Crippen LogP contribution in [0.15, 0.2) is 24.3 Å². The van der Waals surface area contributed by atoms with Gasteiger partial charge in [-0.25, -0.2) is 0 Å². The van der Waals surface area contributed by atoms with Crippen LogP contribution in [-0.2, 0) is 11.2 Å². The second-order valence-electron chi connectivity index (χ2n) is 5.41. The van der Waals surface area contributed by atoms with Crippen molar-refractivity contribution in [2.75, 3.05) is 11.9 Å². The Kier molecular flexibility index (Phi) is 5.40. The van der Waals surface area contributed by atoms with E-state index in [4.69, 9.17) is 5.73 Å². The van der Waals surface area contributed by atoms with E-state index in [1.54, 1.807) is 0 Å². The number of amides is 1. The van der Waals surface area contributed by atoms with E-state index >= 15 is 0 Å². The summed E-state index contributed by atoms with van der Waals surface area (Å²) in [6, 6.07) is 8.02. The van der Waals surface area contributed by atoms with Crippen LogP contribution in [0, 0.1) is 5.92 Å². The molecule has 0 bridgehead atoms. The number of benzene rings is 1. The van der Waals surface area contributed by atoms with E-state index in [0.717, 1.165) is 24.9 Å². The Balaban J connectivity index is 1.90. The van der Waals surface area contributed by atoms with Crippen molar-refractivity contribution >= 4 is 11.6 Å². The van der Waals surface area contributed by atoms with E-state index in [1.807, 2.05) is 24.3 Å². The minimum Gasteiger partial charge on any atom is -0.330 e. The summed E-state index contributed by atoms with van der Waals surface area (Å²) in [7, 11) is 0. The second-order valence-corrected chi connectivity index (χ2v) is 5.41. The van der Waals surface area contributed by atoms with Gasteiger partial charge in [-0.2, -0.15) is 0 Å². The van der Waals surface area contributed by atoms with E-state index in [2.05, 4.69) is 5.32 Å². The number of hydrogen-bond acceptors (Lipinski definition) is 2. The molecule has 1 aromatic carbocycles. The Morgan fingerprint density at radius 2 is 1.74 bits per heavy atom. The molecule has 0 saturated heterocycles. The predicted octanol–water partition coefficient (Wildman–Crippen LogP) is 3.10. The SMILES string of the molecule is NCCc1ccc(NC(=O)C2CCCCCC2)cc1. The maximum absolute atomic E-state index is 12.2. The number of nitrogens with two attached hydrogens (primary N) is 1. The highest BCUT2D eigenvalue weighted by atomic mass is 16.1. The van der Waals surface area contributed by atoms with Crippen LogP contribution >= 0.6 is 0 Å². The number of anilines is 1. The summed E-state index contributed by atoms with van der Waals surface area (Å²) < 4.78 is 0. The summed E-state index contributed by atoms with van der Waals surface area (Å²) in [6.45, 7) is 0.660. The Hall–Kier alpha value is -1.35. The molecule has 0 heterocycles. The van der Waals surface area contributed by atoms with Crippen LogP contribution in [0.4, 0.5) is 5.69 Å². The lowest BCUT2D eigenvalue weighted by Crippen LogP contribution is -2.22. The molecule has 0 atom stereocenters. The van der Waals surface area contributed by atoms with Crippen LogP contribution in [0.5, 0.6) is 0 Å². The lowest BCUT2D eigenvalue weighted by Gasteiger charge is -2.14. The smallest absolute Gasteiger partial charge is 0.227 e. The van der Waals surface area contributed by atoms with Gasteiger partial charge in [0.05, 0.1) is 0 Å². The van der Waals surface area contributed by atoms with Crippen LogP contribution in [0.25, 0.3) is 0 Å². The first-order chi connectivity index (χ1) is 9.29. The largest absolute Gasteiger partial charge is 0.330 e. The van der Waals surface area contributed by atoms with E-state index in [0.29, 0.717) is 6.54 Å². The number of rotatable bonds is 4. The molecule has 3 N–H and O–H groups in total. The predicted molar refractivity (Wildman–Crippen MR) is 79.0 cm³/mol. The van der Waals surface area contributed by atoms with Crippen molar-refractivity contribution in [2.24, 2.45) is 11.7 Å². The highest BCUT2D eigenvalue weighted by molar-refractivity contribution is 5.92. The molecule has 1 fully saturated rings. The fraction of sp³-hybridized carbons (Fsp3) is 0.562. The van der Waals surface area contributed by atoms with Crippen LogP contribution in [0.3, 0.4) is 0 Å². The molecule has 1 aliphatic carbocycles. The molecule has 0 spiro atoms. The van der Waals surface area contributed by atoms with E-state index in [9.17, 15) is 4.79 Å². The minimum atomic E-state index is 0.188. The highest BCUT2D eigenvalue weighted by Gasteiger charge is 2.19. The first-order valence-electron chi connectivity index (χ1n) is 7.39. The van der Waals surface area contributed by atoms with Crippen molar-refractivity contribution < 1.29 is 4.79 Å². The molecule has 0 aliphatic heterocycles. The van der Waals surface area contributed by atoms with Crippen LogP contribution in [-0.4, -0.2) is 12.5 Å². The number of hydrogen-bond donors (Lipinski definition) is 2. The second kappa shape index (κ2) is 7.29. The molecule has 104 valence electrons. The molecule has 3 heteroatoms. The van der Waals surface area contributed by atoms with Crippen molar-refractivity contribution in [1.82, 2.24) is 0 Å². The molecule has 0 aromatic heterocycles. The molecule has 1 saturated carbocycles. The van der Waals surface area contributed by atoms with Crippen molar-refractivity contribution in [3.05, 3.63) is 29.8 Å². The Labute approximate surface area is 115 Å². The first-order valence-corrected chi connectivity index (χ1v) is 7.39. The van der Waals surface area contributed by atoms with Crippen LogP contribution < -0.4 is 11.1 Å². The van der Waals surface area contributed by atoms with Gasteiger partial charge in [-0.1, -0.05) is 37.8 Å². The standard InChI is InChI=1S/C16H24N2O/c17-12-11-13-7-9-15(10-8-13)18-16(19)14-5-3-1-2-4-6-14/h7-10,14H,1-6,11-12,17H2,(H,18,19). The summed E-state index contributed by atoms with van der Waals surface area (Å²) >= 11 is 0. The van der Waals surface area contributed by atoms with Gasteiger partial charge in [-0.3, -0.25) is 4.79 Å². The van der Waals surface area contributed by atoms with Gasteiger partial charge in [0.2, 0.25) is 5.91 Å². The Morgan fingerprint density at radius 1 is 1.11 bits per heavy atom. The topological polar surface area (TPSA) is 55.1 Å². The zero-order valence-corrected chi connectivity index (χ0v) is 11.5. The molecule has 19 heavy (non-hydrogen) atoms. The van der Waals surface area contributed by atoms with Gasteiger partial charge in [0, 0.05) is 11.6 Å². The van der Waals surface area contributed by atoms with Crippen molar-refractivity contribution in [2.45, 2.75) is 44.9 Å². The molecule has 2 rings (SSSR count).